The Labute approximate surface area is 139 Å². The third-order valence-electron chi connectivity index (χ3n) is 4.88. The molecule has 2 aromatic rings. The van der Waals surface area contributed by atoms with Crippen LogP contribution in [0, 0.1) is 16.0 Å². The van der Waals surface area contributed by atoms with E-state index in [0.717, 1.165) is 12.1 Å². The molecule has 1 aromatic heterocycles. The molecule has 1 aliphatic carbocycles. The summed E-state index contributed by atoms with van der Waals surface area (Å²) >= 11 is 0. The number of ether oxygens (including phenoxy) is 1. The molecule has 3 atom stereocenters. The highest BCUT2D eigenvalue weighted by molar-refractivity contribution is 5.73. The lowest BCUT2D eigenvalue weighted by Crippen LogP contribution is -2.30. The molecule has 1 aliphatic heterocycles. The van der Waals surface area contributed by atoms with Crippen LogP contribution in [0.4, 0.5) is 11.4 Å². The Morgan fingerprint density at radius 2 is 2.21 bits per heavy atom. The molecule has 2 heterocycles. The summed E-state index contributed by atoms with van der Waals surface area (Å²) in [5.74, 6) is 0.817. The molecule has 0 amide bonds. The van der Waals surface area contributed by atoms with Crippen LogP contribution in [0.5, 0.6) is 5.75 Å². The van der Waals surface area contributed by atoms with Gasteiger partial charge in [0.15, 0.2) is 0 Å². The number of hydrogen-bond acceptors (Lipinski definition) is 5. The molecule has 122 valence electrons. The smallest absolute Gasteiger partial charge is 0.275 e. The monoisotopic (exact) mass is 323 g/mol. The number of nitro benzene ring substituents is 1. The number of nitro groups is 1. The van der Waals surface area contributed by atoms with Crippen molar-refractivity contribution in [1.82, 2.24) is 4.98 Å². The van der Waals surface area contributed by atoms with Gasteiger partial charge in [0.2, 0.25) is 0 Å². The van der Waals surface area contributed by atoms with Gasteiger partial charge in [0.05, 0.1) is 35.0 Å². The van der Waals surface area contributed by atoms with Gasteiger partial charge in [0, 0.05) is 18.2 Å². The molecule has 0 fully saturated rings. The Balaban J connectivity index is 1.90. The molecule has 0 saturated heterocycles. The van der Waals surface area contributed by atoms with E-state index in [1.165, 1.54) is 6.07 Å². The number of rotatable bonds is 3. The standard InChI is InChI=1S/C18H17N3O3/c1-24-15-9-8-14(21(22)23)16-11-5-4-6-12(11)17(20-18(15)16)13-7-2-3-10-19-13/h2-5,7-12,17,20H,6H2,1H3/t11-,12-,17-/m0/s1. The van der Waals surface area contributed by atoms with Crippen molar-refractivity contribution in [3.05, 3.63) is 70.1 Å². The highest BCUT2D eigenvalue weighted by Gasteiger charge is 2.43. The summed E-state index contributed by atoms with van der Waals surface area (Å²) in [4.78, 5) is 15.7. The van der Waals surface area contributed by atoms with Crippen LogP contribution >= 0.6 is 0 Å². The Bertz CT molecular complexity index is 820. The highest BCUT2D eigenvalue weighted by atomic mass is 16.6. The number of methoxy groups -OCH3 is 1. The molecule has 6 heteroatoms. The first kappa shape index (κ1) is 14.7. The SMILES string of the molecule is COc1ccc([N+](=O)[O-])c2c1N[C@H](c1ccccn1)[C@H]1CC=C[C@H]21. The summed E-state index contributed by atoms with van der Waals surface area (Å²) < 4.78 is 5.45. The maximum Gasteiger partial charge on any atom is 0.275 e. The summed E-state index contributed by atoms with van der Waals surface area (Å²) in [5.41, 5.74) is 2.50. The first-order chi connectivity index (χ1) is 11.7. The van der Waals surface area contributed by atoms with Crippen LogP contribution in [-0.4, -0.2) is 17.0 Å². The van der Waals surface area contributed by atoms with Crippen LogP contribution in [0.2, 0.25) is 0 Å². The predicted octanol–water partition coefficient (Wildman–Crippen LogP) is 3.82. The van der Waals surface area contributed by atoms with Gasteiger partial charge >= 0.3 is 0 Å². The molecular formula is C18H17N3O3. The number of hydrogen-bond donors (Lipinski definition) is 1. The van der Waals surface area contributed by atoms with Crippen molar-refractivity contribution in [2.45, 2.75) is 18.4 Å². The second-order valence-electron chi connectivity index (χ2n) is 6.06. The molecule has 6 nitrogen and oxygen atoms in total. The fourth-order valence-electron chi connectivity index (χ4n) is 3.85. The van der Waals surface area contributed by atoms with Crippen LogP contribution in [0.3, 0.4) is 0 Å². The van der Waals surface area contributed by atoms with Crippen molar-refractivity contribution >= 4 is 11.4 Å². The van der Waals surface area contributed by atoms with E-state index < -0.39 is 0 Å². The summed E-state index contributed by atoms with van der Waals surface area (Å²) in [7, 11) is 1.58. The number of nitrogens with zero attached hydrogens (tertiary/aromatic N) is 2. The molecule has 2 aliphatic rings. The Morgan fingerprint density at radius 1 is 1.33 bits per heavy atom. The molecule has 0 saturated carbocycles. The van der Waals surface area contributed by atoms with Crippen molar-refractivity contribution in [2.24, 2.45) is 5.92 Å². The zero-order valence-electron chi connectivity index (χ0n) is 13.2. The maximum atomic E-state index is 11.5. The molecule has 24 heavy (non-hydrogen) atoms. The lowest BCUT2D eigenvalue weighted by atomic mass is 9.77. The Kier molecular flexibility index (Phi) is 3.45. The minimum Gasteiger partial charge on any atom is -0.495 e. The van der Waals surface area contributed by atoms with Gasteiger partial charge in [-0.2, -0.15) is 0 Å². The molecule has 4 rings (SSSR count). The lowest BCUT2D eigenvalue weighted by molar-refractivity contribution is -0.385. The van der Waals surface area contributed by atoms with Gasteiger partial charge < -0.3 is 10.1 Å². The van der Waals surface area contributed by atoms with Crippen LogP contribution in [0.25, 0.3) is 0 Å². The summed E-state index contributed by atoms with van der Waals surface area (Å²) in [6.07, 6.45) is 6.82. The summed E-state index contributed by atoms with van der Waals surface area (Å²) in [5, 5.41) is 15.0. The number of benzene rings is 1. The average Bonchev–Trinajstić information content (AvgIpc) is 3.10. The third-order valence-corrected chi connectivity index (χ3v) is 4.88. The van der Waals surface area contributed by atoms with Gasteiger partial charge in [-0.3, -0.25) is 15.1 Å². The average molecular weight is 323 g/mol. The van der Waals surface area contributed by atoms with E-state index in [0.29, 0.717) is 17.0 Å². The van der Waals surface area contributed by atoms with Crippen molar-refractivity contribution in [1.29, 1.82) is 0 Å². The van der Waals surface area contributed by atoms with E-state index in [4.69, 9.17) is 4.74 Å². The Hall–Kier alpha value is -2.89. The van der Waals surface area contributed by atoms with Crippen molar-refractivity contribution in [2.75, 3.05) is 12.4 Å². The first-order valence-electron chi connectivity index (χ1n) is 7.90. The van der Waals surface area contributed by atoms with Crippen molar-refractivity contribution in [3.8, 4) is 5.75 Å². The summed E-state index contributed by atoms with van der Waals surface area (Å²) in [6, 6.07) is 9.01. The van der Waals surface area contributed by atoms with Gasteiger partial charge in [-0.15, -0.1) is 0 Å². The number of aromatic nitrogens is 1. The van der Waals surface area contributed by atoms with Crippen LogP contribution < -0.4 is 10.1 Å². The van der Waals surface area contributed by atoms with Gasteiger partial charge in [-0.05, 0) is 30.5 Å². The molecule has 0 spiro atoms. The van der Waals surface area contributed by atoms with Crippen LogP contribution in [-0.2, 0) is 0 Å². The highest BCUT2D eigenvalue weighted by Crippen LogP contribution is 2.54. The number of allylic oxidation sites excluding steroid dienone is 2. The third kappa shape index (κ3) is 2.14. The van der Waals surface area contributed by atoms with E-state index in [1.807, 2.05) is 18.2 Å². The van der Waals surface area contributed by atoms with Crippen molar-refractivity contribution in [3.63, 3.8) is 0 Å². The van der Waals surface area contributed by atoms with E-state index in [-0.39, 0.29) is 28.5 Å². The molecule has 1 aromatic carbocycles. The topological polar surface area (TPSA) is 77.3 Å². The molecule has 0 bridgehead atoms. The fraction of sp³-hybridized carbons (Fsp3) is 0.278. The van der Waals surface area contributed by atoms with E-state index >= 15 is 0 Å². The van der Waals surface area contributed by atoms with Gasteiger partial charge in [-0.25, -0.2) is 0 Å². The second-order valence-corrected chi connectivity index (χ2v) is 6.06. The minimum absolute atomic E-state index is 0.00500. The van der Waals surface area contributed by atoms with Crippen LogP contribution in [0.1, 0.15) is 29.6 Å². The second kappa shape index (κ2) is 5.63. The minimum atomic E-state index is -0.315. The van der Waals surface area contributed by atoms with E-state index in [2.05, 4.69) is 22.5 Å². The van der Waals surface area contributed by atoms with Crippen LogP contribution in [0.15, 0.2) is 48.7 Å². The normalized spacial score (nSPS) is 24.0. The largest absolute Gasteiger partial charge is 0.495 e. The molecule has 1 N–H and O–H groups in total. The summed E-state index contributed by atoms with van der Waals surface area (Å²) in [6.45, 7) is 0. The number of pyridine rings is 1. The molecular weight excluding hydrogens is 306 g/mol. The fourth-order valence-corrected chi connectivity index (χ4v) is 3.85. The zero-order chi connectivity index (χ0) is 16.7. The quantitative estimate of drug-likeness (QED) is 0.528. The predicted molar refractivity (Wildman–Crippen MR) is 90.2 cm³/mol. The first-order valence-corrected chi connectivity index (χ1v) is 7.90. The number of nitrogens with one attached hydrogen (secondary N) is 1. The van der Waals surface area contributed by atoms with Crippen molar-refractivity contribution < 1.29 is 9.66 Å². The van der Waals surface area contributed by atoms with E-state index in [9.17, 15) is 10.1 Å². The maximum absolute atomic E-state index is 11.5. The van der Waals surface area contributed by atoms with Gasteiger partial charge in [0.1, 0.15) is 5.75 Å². The zero-order valence-corrected chi connectivity index (χ0v) is 13.2. The molecule has 0 unspecified atom stereocenters. The van der Waals surface area contributed by atoms with Gasteiger partial charge in [-0.1, -0.05) is 18.2 Å². The Morgan fingerprint density at radius 3 is 2.92 bits per heavy atom. The molecule has 0 radical (unpaired) electrons. The van der Waals surface area contributed by atoms with Gasteiger partial charge in [0.25, 0.3) is 5.69 Å². The number of anilines is 1. The number of fused-ring (bicyclic) bond motifs is 3. The van der Waals surface area contributed by atoms with E-state index in [1.54, 1.807) is 19.4 Å². The lowest BCUT2D eigenvalue weighted by Gasteiger charge is -2.37.